The van der Waals surface area contributed by atoms with Gasteiger partial charge in [0.1, 0.15) is 18.1 Å². The predicted octanol–water partition coefficient (Wildman–Crippen LogP) is -4.06. The van der Waals surface area contributed by atoms with E-state index in [4.69, 9.17) is 22.3 Å². The summed E-state index contributed by atoms with van der Waals surface area (Å²) in [6, 6.07) is -4.98. The summed E-state index contributed by atoms with van der Waals surface area (Å²) in [6.45, 7) is 1.31. The normalized spacial score (nSPS) is 14.6. The molecule has 14 heteroatoms. The van der Waals surface area contributed by atoms with E-state index in [0.29, 0.717) is 0 Å². The first-order valence-electron chi connectivity index (χ1n) is 8.46. The van der Waals surface area contributed by atoms with Crippen LogP contribution < -0.4 is 33.2 Å². The van der Waals surface area contributed by atoms with Crippen molar-refractivity contribution >= 4 is 48.1 Å². The standard InChI is InChI=1S/C15H26N6O7S/c1-6(19-13(25)7(16)4-11(18)23)12(24)21-9(5-29)14(26)20-8(15(27)28)2-3-10(17)22/h6-9,29H,2-5,16H2,1H3,(H2,17,22)(H2,18,23)(H,19,25)(H,20,26)(H,21,24)(H,27,28). The molecular weight excluding hydrogens is 408 g/mol. The van der Waals surface area contributed by atoms with Gasteiger partial charge in [-0.05, 0) is 13.3 Å². The van der Waals surface area contributed by atoms with Crippen LogP contribution in [-0.4, -0.2) is 70.5 Å². The molecule has 5 amide bonds. The third-order valence-corrected chi connectivity index (χ3v) is 3.98. The second kappa shape index (κ2) is 12.6. The Kier molecular flexibility index (Phi) is 11.3. The average molecular weight is 434 g/mol. The van der Waals surface area contributed by atoms with E-state index in [1.54, 1.807) is 0 Å². The molecule has 0 radical (unpaired) electrons. The van der Waals surface area contributed by atoms with E-state index in [2.05, 4.69) is 28.6 Å². The van der Waals surface area contributed by atoms with Crippen LogP contribution in [0.4, 0.5) is 0 Å². The maximum absolute atomic E-state index is 12.2. The average Bonchev–Trinajstić information content (AvgIpc) is 2.61. The summed E-state index contributed by atoms with van der Waals surface area (Å²) < 4.78 is 0. The molecule has 0 spiro atoms. The lowest BCUT2D eigenvalue weighted by Gasteiger charge is -2.22. The highest BCUT2D eigenvalue weighted by Crippen LogP contribution is 2.00. The first-order chi connectivity index (χ1) is 13.4. The number of hydrogen-bond acceptors (Lipinski definition) is 8. The van der Waals surface area contributed by atoms with Crippen molar-refractivity contribution in [1.82, 2.24) is 16.0 Å². The van der Waals surface area contributed by atoms with Gasteiger partial charge in [0, 0.05) is 12.2 Å². The van der Waals surface area contributed by atoms with E-state index >= 15 is 0 Å². The molecule has 0 aromatic carbocycles. The smallest absolute Gasteiger partial charge is 0.326 e. The van der Waals surface area contributed by atoms with Crippen molar-refractivity contribution in [2.24, 2.45) is 17.2 Å². The van der Waals surface area contributed by atoms with Crippen LogP contribution in [0.1, 0.15) is 26.2 Å². The molecule has 13 nitrogen and oxygen atoms in total. The number of carboxylic acids is 1. The Balaban J connectivity index is 4.84. The number of amides is 5. The Morgan fingerprint density at radius 2 is 1.45 bits per heavy atom. The van der Waals surface area contributed by atoms with E-state index in [-0.39, 0.29) is 18.6 Å². The van der Waals surface area contributed by atoms with Crippen LogP contribution in [0.15, 0.2) is 0 Å². The van der Waals surface area contributed by atoms with Crippen LogP contribution in [0.25, 0.3) is 0 Å². The van der Waals surface area contributed by atoms with Crippen molar-refractivity contribution in [3.8, 4) is 0 Å². The molecule has 29 heavy (non-hydrogen) atoms. The van der Waals surface area contributed by atoms with Gasteiger partial charge in [-0.25, -0.2) is 4.79 Å². The molecule has 0 rings (SSSR count). The Morgan fingerprint density at radius 3 is 1.90 bits per heavy atom. The van der Waals surface area contributed by atoms with Gasteiger partial charge in [0.2, 0.25) is 29.5 Å². The Labute approximate surface area is 171 Å². The number of aliphatic carboxylic acids is 1. The van der Waals surface area contributed by atoms with Crippen LogP contribution in [0.2, 0.25) is 0 Å². The summed E-state index contributed by atoms with van der Waals surface area (Å²) in [4.78, 5) is 69.0. The van der Waals surface area contributed by atoms with Gasteiger partial charge < -0.3 is 38.3 Å². The van der Waals surface area contributed by atoms with Gasteiger partial charge in [-0.1, -0.05) is 0 Å². The van der Waals surface area contributed by atoms with Crippen LogP contribution in [0.3, 0.4) is 0 Å². The highest BCUT2D eigenvalue weighted by atomic mass is 32.1. The van der Waals surface area contributed by atoms with Crippen molar-refractivity contribution in [2.75, 3.05) is 5.75 Å². The highest BCUT2D eigenvalue weighted by molar-refractivity contribution is 7.80. The van der Waals surface area contributed by atoms with Gasteiger partial charge >= 0.3 is 5.97 Å². The number of carbonyl (C=O) groups is 6. The molecule has 0 saturated heterocycles. The van der Waals surface area contributed by atoms with Gasteiger partial charge in [-0.15, -0.1) is 0 Å². The molecule has 10 N–H and O–H groups in total. The molecule has 0 aliphatic rings. The van der Waals surface area contributed by atoms with Crippen LogP contribution in [0.5, 0.6) is 0 Å². The largest absolute Gasteiger partial charge is 0.480 e. The number of carbonyl (C=O) groups excluding carboxylic acids is 5. The molecule has 0 aliphatic heterocycles. The number of hydrogen-bond donors (Lipinski definition) is 8. The molecule has 164 valence electrons. The molecule has 0 aliphatic carbocycles. The summed E-state index contributed by atoms with van der Waals surface area (Å²) >= 11 is 3.94. The van der Waals surface area contributed by atoms with Crippen molar-refractivity contribution in [3.63, 3.8) is 0 Å². The lowest BCUT2D eigenvalue weighted by molar-refractivity contribution is -0.142. The van der Waals surface area contributed by atoms with Crippen LogP contribution >= 0.6 is 12.6 Å². The van der Waals surface area contributed by atoms with Gasteiger partial charge in [-0.2, -0.15) is 12.6 Å². The first-order valence-corrected chi connectivity index (χ1v) is 9.09. The zero-order chi connectivity index (χ0) is 22.7. The number of rotatable bonds is 13. The second-order valence-electron chi connectivity index (χ2n) is 6.16. The number of nitrogens with one attached hydrogen (secondary N) is 3. The van der Waals surface area contributed by atoms with Gasteiger partial charge in [0.05, 0.1) is 12.5 Å². The summed E-state index contributed by atoms with van der Waals surface area (Å²) in [5.41, 5.74) is 15.4. The Bertz CT molecular complexity index is 659. The number of primary amides is 2. The fraction of sp³-hybridized carbons (Fsp3) is 0.600. The van der Waals surface area contributed by atoms with Gasteiger partial charge in [-0.3, -0.25) is 24.0 Å². The van der Waals surface area contributed by atoms with E-state index < -0.39 is 66.1 Å². The lowest BCUT2D eigenvalue weighted by atomic mass is 10.1. The SMILES string of the molecule is CC(NC(=O)C(N)CC(N)=O)C(=O)NC(CS)C(=O)NC(CCC(N)=O)C(=O)O. The summed E-state index contributed by atoms with van der Waals surface area (Å²) in [6.07, 6.45) is -0.901. The number of carboxylic acid groups (broad SMARTS) is 1. The van der Waals surface area contributed by atoms with E-state index in [0.717, 1.165) is 0 Å². The third kappa shape index (κ3) is 10.3. The van der Waals surface area contributed by atoms with E-state index in [9.17, 15) is 28.8 Å². The van der Waals surface area contributed by atoms with E-state index in [1.807, 2.05) is 0 Å². The minimum absolute atomic E-state index is 0.179. The number of nitrogens with two attached hydrogens (primary N) is 3. The fourth-order valence-electron chi connectivity index (χ4n) is 2.00. The molecule has 0 fully saturated rings. The molecule has 0 bridgehead atoms. The maximum Gasteiger partial charge on any atom is 0.326 e. The molecular formula is C15H26N6O7S. The molecule has 0 aromatic heterocycles. The van der Waals surface area contributed by atoms with Crippen molar-refractivity contribution in [1.29, 1.82) is 0 Å². The Hall–Kier alpha value is -2.87. The summed E-state index contributed by atoms with van der Waals surface area (Å²) in [5.74, 6) is -5.51. The zero-order valence-corrected chi connectivity index (χ0v) is 16.6. The second-order valence-corrected chi connectivity index (χ2v) is 6.52. The van der Waals surface area contributed by atoms with Crippen molar-refractivity contribution < 1.29 is 33.9 Å². The van der Waals surface area contributed by atoms with Crippen molar-refractivity contribution in [3.05, 3.63) is 0 Å². The molecule has 0 heterocycles. The topological polar surface area (TPSA) is 237 Å². The van der Waals surface area contributed by atoms with Crippen LogP contribution in [0, 0.1) is 0 Å². The van der Waals surface area contributed by atoms with E-state index in [1.165, 1.54) is 6.92 Å². The zero-order valence-electron chi connectivity index (χ0n) is 15.7. The van der Waals surface area contributed by atoms with Gasteiger partial charge in [0.25, 0.3) is 0 Å². The monoisotopic (exact) mass is 434 g/mol. The van der Waals surface area contributed by atoms with Crippen molar-refractivity contribution in [2.45, 2.75) is 50.4 Å². The highest BCUT2D eigenvalue weighted by Gasteiger charge is 2.28. The lowest BCUT2D eigenvalue weighted by Crippen LogP contribution is -2.57. The molecule has 4 atom stereocenters. The van der Waals surface area contributed by atoms with Gasteiger partial charge in [0.15, 0.2) is 0 Å². The minimum Gasteiger partial charge on any atom is -0.480 e. The summed E-state index contributed by atoms with van der Waals surface area (Å²) in [5, 5.41) is 15.8. The molecule has 0 saturated carbocycles. The fourth-order valence-corrected chi connectivity index (χ4v) is 2.26. The third-order valence-electron chi connectivity index (χ3n) is 3.62. The summed E-state index contributed by atoms with van der Waals surface area (Å²) in [7, 11) is 0. The molecule has 4 unspecified atom stereocenters. The maximum atomic E-state index is 12.2. The predicted molar refractivity (Wildman–Crippen MR) is 103 cm³/mol. The molecule has 0 aromatic rings. The Morgan fingerprint density at radius 1 is 0.897 bits per heavy atom. The minimum atomic E-state index is -1.39. The van der Waals surface area contributed by atoms with Crippen LogP contribution in [-0.2, 0) is 28.8 Å². The first kappa shape index (κ1) is 26.1. The quantitative estimate of drug-likeness (QED) is 0.132. The number of thiol groups is 1.